The summed E-state index contributed by atoms with van der Waals surface area (Å²) in [6.07, 6.45) is 6.71. The fourth-order valence-electron chi connectivity index (χ4n) is 2.74. The second kappa shape index (κ2) is 5.70. The van der Waals surface area contributed by atoms with Gasteiger partial charge in [-0.2, -0.15) is 0 Å². The lowest BCUT2D eigenvalue weighted by molar-refractivity contribution is 0.377. The van der Waals surface area contributed by atoms with E-state index in [1.54, 1.807) is 0 Å². The Morgan fingerprint density at radius 2 is 1.88 bits per heavy atom. The summed E-state index contributed by atoms with van der Waals surface area (Å²) in [5, 5.41) is 4.30. The lowest BCUT2D eigenvalue weighted by atomic mass is 9.92. The number of hydrogen-bond acceptors (Lipinski definition) is 1. The Kier molecular flexibility index (Phi) is 4.25. The SMILES string of the molecule is CNC(Cc1ccc(Cl)cc1)C1CCCC1. The first-order chi connectivity index (χ1) is 7.79. The van der Waals surface area contributed by atoms with Gasteiger partial charge in [-0.05, 0) is 49.9 Å². The molecule has 0 heterocycles. The predicted molar refractivity (Wildman–Crippen MR) is 70.0 cm³/mol. The van der Waals surface area contributed by atoms with Crippen LogP contribution in [0, 0.1) is 5.92 Å². The van der Waals surface area contributed by atoms with Crippen molar-refractivity contribution in [3.8, 4) is 0 Å². The van der Waals surface area contributed by atoms with Crippen molar-refractivity contribution in [1.29, 1.82) is 0 Å². The summed E-state index contributed by atoms with van der Waals surface area (Å²) in [7, 11) is 2.08. The molecule has 2 rings (SSSR count). The molecule has 1 aliphatic carbocycles. The summed E-state index contributed by atoms with van der Waals surface area (Å²) in [6.45, 7) is 0. The summed E-state index contributed by atoms with van der Waals surface area (Å²) >= 11 is 5.89. The van der Waals surface area contributed by atoms with Crippen LogP contribution in [0.1, 0.15) is 31.2 Å². The molecule has 0 amide bonds. The molecule has 1 aliphatic rings. The smallest absolute Gasteiger partial charge is 0.0406 e. The van der Waals surface area contributed by atoms with Gasteiger partial charge in [0.15, 0.2) is 0 Å². The highest BCUT2D eigenvalue weighted by Crippen LogP contribution is 2.29. The molecule has 1 atom stereocenters. The second-order valence-electron chi connectivity index (χ2n) is 4.77. The summed E-state index contributed by atoms with van der Waals surface area (Å²) in [5.41, 5.74) is 1.38. The zero-order valence-corrected chi connectivity index (χ0v) is 10.6. The molecule has 1 aromatic rings. The first-order valence-electron chi connectivity index (χ1n) is 6.21. The third kappa shape index (κ3) is 2.99. The van der Waals surface area contributed by atoms with Crippen LogP contribution >= 0.6 is 11.6 Å². The van der Waals surface area contributed by atoms with Gasteiger partial charge in [0.05, 0.1) is 0 Å². The molecule has 0 bridgehead atoms. The Hall–Kier alpha value is -0.530. The maximum Gasteiger partial charge on any atom is 0.0406 e. The van der Waals surface area contributed by atoms with Crippen molar-refractivity contribution >= 4 is 11.6 Å². The number of likely N-dealkylation sites (N-methyl/N-ethyl adjacent to an activating group) is 1. The van der Waals surface area contributed by atoms with Crippen LogP contribution in [-0.4, -0.2) is 13.1 Å². The zero-order valence-electron chi connectivity index (χ0n) is 9.88. The summed E-state index contributed by atoms with van der Waals surface area (Å²) in [6, 6.07) is 8.88. The highest BCUT2D eigenvalue weighted by molar-refractivity contribution is 6.30. The Balaban J connectivity index is 1.97. The topological polar surface area (TPSA) is 12.0 Å². The normalized spacial score (nSPS) is 18.9. The monoisotopic (exact) mass is 237 g/mol. The average Bonchev–Trinajstić information content (AvgIpc) is 2.82. The van der Waals surface area contributed by atoms with Crippen LogP contribution in [0.4, 0.5) is 0 Å². The number of nitrogens with one attached hydrogen (secondary N) is 1. The fourth-order valence-corrected chi connectivity index (χ4v) is 2.86. The van der Waals surface area contributed by atoms with Crippen molar-refractivity contribution in [2.45, 2.75) is 38.1 Å². The first kappa shape index (κ1) is 11.9. The summed E-state index contributed by atoms with van der Waals surface area (Å²) in [5.74, 6) is 0.862. The third-order valence-corrected chi connectivity index (χ3v) is 3.96. The van der Waals surface area contributed by atoms with Crippen LogP contribution in [0.2, 0.25) is 5.02 Å². The second-order valence-corrected chi connectivity index (χ2v) is 5.21. The number of halogens is 1. The Morgan fingerprint density at radius 3 is 2.44 bits per heavy atom. The largest absolute Gasteiger partial charge is 0.316 e. The molecule has 2 heteroatoms. The quantitative estimate of drug-likeness (QED) is 0.843. The highest BCUT2D eigenvalue weighted by Gasteiger charge is 2.23. The Labute approximate surface area is 103 Å². The highest BCUT2D eigenvalue weighted by atomic mass is 35.5. The first-order valence-corrected chi connectivity index (χ1v) is 6.59. The molecule has 16 heavy (non-hydrogen) atoms. The van der Waals surface area contributed by atoms with Crippen molar-refractivity contribution in [1.82, 2.24) is 5.32 Å². The molecule has 0 saturated heterocycles. The van der Waals surface area contributed by atoms with Gasteiger partial charge in [-0.1, -0.05) is 36.6 Å². The van der Waals surface area contributed by atoms with Gasteiger partial charge in [0.1, 0.15) is 0 Å². The molecule has 0 spiro atoms. The third-order valence-electron chi connectivity index (χ3n) is 3.71. The van der Waals surface area contributed by atoms with Crippen LogP contribution in [-0.2, 0) is 6.42 Å². The van der Waals surface area contributed by atoms with Crippen LogP contribution in [0.3, 0.4) is 0 Å². The van der Waals surface area contributed by atoms with Gasteiger partial charge in [-0.3, -0.25) is 0 Å². The molecule has 1 N–H and O–H groups in total. The number of hydrogen-bond donors (Lipinski definition) is 1. The lowest BCUT2D eigenvalue weighted by Gasteiger charge is -2.23. The van der Waals surface area contributed by atoms with Gasteiger partial charge >= 0.3 is 0 Å². The van der Waals surface area contributed by atoms with E-state index in [-0.39, 0.29) is 0 Å². The molecule has 0 radical (unpaired) electrons. The van der Waals surface area contributed by atoms with E-state index < -0.39 is 0 Å². The van der Waals surface area contributed by atoms with Crippen LogP contribution < -0.4 is 5.32 Å². The Morgan fingerprint density at radius 1 is 1.25 bits per heavy atom. The van der Waals surface area contributed by atoms with Gasteiger partial charge < -0.3 is 5.32 Å². The van der Waals surface area contributed by atoms with Crippen molar-refractivity contribution in [3.05, 3.63) is 34.9 Å². The Bertz CT molecular complexity index is 314. The maximum atomic E-state index is 5.89. The zero-order chi connectivity index (χ0) is 11.4. The summed E-state index contributed by atoms with van der Waals surface area (Å²) in [4.78, 5) is 0. The van der Waals surface area contributed by atoms with Gasteiger partial charge in [-0.25, -0.2) is 0 Å². The molecule has 1 nitrogen and oxygen atoms in total. The van der Waals surface area contributed by atoms with Crippen LogP contribution in [0.25, 0.3) is 0 Å². The van der Waals surface area contributed by atoms with Crippen LogP contribution in [0.15, 0.2) is 24.3 Å². The van der Waals surface area contributed by atoms with E-state index in [0.29, 0.717) is 6.04 Å². The molecule has 88 valence electrons. The minimum absolute atomic E-state index is 0.628. The van der Waals surface area contributed by atoms with E-state index in [1.165, 1.54) is 31.2 Å². The number of rotatable bonds is 4. The van der Waals surface area contributed by atoms with E-state index in [1.807, 2.05) is 12.1 Å². The standard InChI is InChI=1S/C14H20ClN/c1-16-14(12-4-2-3-5-12)10-11-6-8-13(15)9-7-11/h6-9,12,14,16H,2-5,10H2,1H3. The van der Waals surface area contributed by atoms with Gasteiger partial charge in [-0.15, -0.1) is 0 Å². The van der Waals surface area contributed by atoms with Crippen LogP contribution in [0.5, 0.6) is 0 Å². The minimum Gasteiger partial charge on any atom is -0.316 e. The molecule has 1 unspecified atom stereocenters. The molecular weight excluding hydrogens is 218 g/mol. The van der Waals surface area contributed by atoms with E-state index in [9.17, 15) is 0 Å². The van der Waals surface area contributed by atoms with Gasteiger partial charge in [0.25, 0.3) is 0 Å². The minimum atomic E-state index is 0.628. The predicted octanol–water partition coefficient (Wildman–Crippen LogP) is 3.66. The average molecular weight is 238 g/mol. The molecule has 1 aromatic carbocycles. The van der Waals surface area contributed by atoms with Crippen molar-refractivity contribution in [3.63, 3.8) is 0 Å². The number of benzene rings is 1. The van der Waals surface area contributed by atoms with Gasteiger partial charge in [0.2, 0.25) is 0 Å². The van der Waals surface area contributed by atoms with Crippen molar-refractivity contribution in [2.75, 3.05) is 7.05 Å². The van der Waals surface area contributed by atoms with E-state index in [0.717, 1.165) is 17.4 Å². The van der Waals surface area contributed by atoms with E-state index >= 15 is 0 Å². The van der Waals surface area contributed by atoms with Crippen molar-refractivity contribution in [2.24, 2.45) is 5.92 Å². The molecule has 0 aromatic heterocycles. The molecular formula is C14H20ClN. The van der Waals surface area contributed by atoms with E-state index in [4.69, 9.17) is 11.6 Å². The molecule has 1 fully saturated rings. The van der Waals surface area contributed by atoms with E-state index in [2.05, 4.69) is 24.5 Å². The molecule has 1 saturated carbocycles. The maximum absolute atomic E-state index is 5.89. The fraction of sp³-hybridized carbons (Fsp3) is 0.571. The molecule has 0 aliphatic heterocycles. The van der Waals surface area contributed by atoms with Crippen molar-refractivity contribution < 1.29 is 0 Å². The summed E-state index contributed by atoms with van der Waals surface area (Å²) < 4.78 is 0. The van der Waals surface area contributed by atoms with Gasteiger partial charge in [0, 0.05) is 11.1 Å². The lowest BCUT2D eigenvalue weighted by Crippen LogP contribution is -2.34.